The van der Waals surface area contributed by atoms with Crippen LogP contribution in [0.3, 0.4) is 0 Å². The first kappa shape index (κ1) is 18.0. The van der Waals surface area contributed by atoms with Crippen LogP contribution in [-0.2, 0) is 0 Å². The Balaban J connectivity index is 1.83. The summed E-state index contributed by atoms with van der Waals surface area (Å²) in [6.07, 6.45) is 2.33. The number of carbonyl (C=O) groups is 1. The molecule has 3 rings (SSSR count). The number of rotatable bonds is 5. The van der Waals surface area contributed by atoms with Crippen molar-refractivity contribution in [3.05, 3.63) is 35.2 Å². The van der Waals surface area contributed by atoms with Gasteiger partial charge in [0, 0.05) is 18.7 Å². The number of anilines is 2. The maximum absolute atomic E-state index is 12.7. The van der Waals surface area contributed by atoms with Gasteiger partial charge in [-0.2, -0.15) is 0 Å². The minimum atomic E-state index is -0.241. The summed E-state index contributed by atoms with van der Waals surface area (Å²) in [7, 11) is 3.10. The van der Waals surface area contributed by atoms with Gasteiger partial charge in [0.1, 0.15) is 0 Å². The number of aryl methyl sites for hydroxylation is 2. The van der Waals surface area contributed by atoms with E-state index in [9.17, 15) is 4.79 Å². The van der Waals surface area contributed by atoms with E-state index in [1.807, 2.05) is 13.8 Å². The normalized spacial score (nSPS) is 13.6. The van der Waals surface area contributed by atoms with Crippen molar-refractivity contribution in [3.63, 3.8) is 0 Å². The van der Waals surface area contributed by atoms with Crippen molar-refractivity contribution in [2.75, 3.05) is 37.5 Å². The molecule has 0 spiro atoms. The van der Waals surface area contributed by atoms with E-state index < -0.39 is 0 Å². The van der Waals surface area contributed by atoms with E-state index in [-0.39, 0.29) is 5.91 Å². The summed E-state index contributed by atoms with van der Waals surface area (Å²) in [6.45, 7) is 5.74. The Labute approximate surface area is 153 Å². The van der Waals surface area contributed by atoms with Crippen LogP contribution in [0.5, 0.6) is 11.5 Å². The number of amides is 1. The number of methoxy groups -OCH3 is 2. The van der Waals surface area contributed by atoms with Gasteiger partial charge in [-0.05, 0) is 44.9 Å². The van der Waals surface area contributed by atoms with Crippen LogP contribution in [0.25, 0.3) is 0 Å². The van der Waals surface area contributed by atoms with Gasteiger partial charge in [-0.25, -0.2) is 9.97 Å². The van der Waals surface area contributed by atoms with E-state index in [1.54, 1.807) is 32.4 Å². The lowest BCUT2D eigenvalue weighted by Gasteiger charge is -2.18. The fourth-order valence-electron chi connectivity index (χ4n) is 3.10. The third kappa shape index (κ3) is 3.56. The lowest BCUT2D eigenvalue weighted by Crippen LogP contribution is -2.22. The standard InChI is InChI=1S/C19H24N4O3/c1-12-17(13(2)21-19(20-12)23-9-5-6-10-23)22-18(24)14-7-8-15(25-3)16(11-14)26-4/h7-8,11H,5-6,9-10H2,1-4H3,(H,22,24). The molecule has 0 unspecified atom stereocenters. The maximum atomic E-state index is 12.7. The lowest BCUT2D eigenvalue weighted by molar-refractivity contribution is 0.102. The van der Waals surface area contributed by atoms with Crippen LogP contribution >= 0.6 is 0 Å². The van der Waals surface area contributed by atoms with E-state index >= 15 is 0 Å². The highest BCUT2D eigenvalue weighted by Crippen LogP contribution is 2.28. The summed E-state index contributed by atoms with van der Waals surface area (Å²) in [6, 6.07) is 5.06. The first-order valence-corrected chi connectivity index (χ1v) is 8.67. The first-order valence-electron chi connectivity index (χ1n) is 8.67. The molecule has 138 valence electrons. The van der Waals surface area contributed by atoms with Crippen LogP contribution in [0.1, 0.15) is 34.6 Å². The molecule has 1 aromatic heterocycles. The monoisotopic (exact) mass is 356 g/mol. The Morgan fingerprint density at radius 2 is 1.65 bits per heavy atom. The average molecular weight is 356 g/mol. The molecule has 1 aliphatic rings. The molecule has 0 atom stereocenters. The molecule has 1 aliphatic heterocycles. The van der Waals surface area contributed by atoms with E-state index in [4.69, 9.17) is 9.47 Å². The Morgan fingerprint density at radius 1 is 1.04 bits per heavy atom. The predicted octanol–water partition coefficient (Wildman–Crippen LogP) is 2.96. The molecule has 1 amide bonds. The Hall–Kier alpha value is -2.83. The molecule has 0 bridgehead atoms. The molecule has 1 fully saturated rings. The summed E-state index contributed by atoms with van der Waals surface area (Å²) in [5.41, 5.74) is 2.64. The molecule has 1 aromatic carbocycles. The zero-order valence-electron chi connectivity index (χ0n) is 15.6. The highest BCUT2D eigenvalue weighted by atomic mass is 16.5. The lowest BCUT2D eigenvalue weighted by atomic mass is 10.1. The number of hydrogen-bond acceptors (Lipinski definition) is 6. The van der Waals surface area contributed by atoms with Crippen molar-refractivity contribution in [1.82, 2.24) is 9.97 Å². The molecule has 0 saturated carbocycles. The van der Waals surface area contributed by atoms with Crippen LogP contribution in [0, 0.1) is 13.8 Å². The molecule has 0 radical (unpaired) electrons. The predicted molar refractivity (Wildman–Crippen MR) is 100 cm³/mol. The van der Waals surface area contributed by atoms with E-state index in [1.165, 1.54) is 12.8 Å². The molecule has 1 saturated heterocycles. The SMILES string of the molecule is COc1ccc(C(=O)Nc2c(C)nc(N3CCCC3)nc2C)cc1OC. The van der Waals surface area contributed by atoms with Crippen molar-refractivity contribution in [1.29, 1.82) is 0 Å². The largest absolute Gasteiger partial charge is 0.493 e. The minimum Gasteiger partial charge on any atom is -0.493 e. The second-order valence-corrected chi connectivity index (χ2v) is 6.29. The van der Waals surface area contributed by atoms with Gasteiger partial charge in [-0.1, -0.05) is 0 Å². The first-order chi connectivity index (χ1) is 12.5. The van der Waals surface area contributed by atoms with Crippen LogP contribution in [-0.4, -0.2) is 43.2 Å². The van der Waals surface area contributed by atoms with Gasteiger partial charge < -0.3 is 19.7 Å². The van der Waals surface area contributed by atoms with Crippen molar-refractivity contribution in [3.8, 4) is 11.5 Å². The quantitative estimate of drug-likeness (QED) is 0.888. The zero-order chi connectivity index (χ0) is 18.7. The number of benzene rings is 1. The summed E-state index contributed by atoms with van der Waals surface area (Å²) in [5.74, 6) is 1.58. The summed E-state index contributed by atoms with van der Waals surface area (Å²) in [4.78, 5) is 24.0. The molecule has 7 nitrogen and oxygen atoms in total. The molecular formula is C19H24N4O3. The highest BCUT2D eigenvalue weighted by Gasteiger charge is 2.19. The van der Waals surface area contributed by atoms with Crippen molar-refractivity contribution < 1.29 is 14.3 Å². The van der Waals surface area contributed by atoms with E-state index in [2.05, 4.69) is 20.2 Å². The van der Waals surface area contributed by atoms with Crippen molar-refractivity contribution in [2.45, 2.75) is 26.7 Å². The van der Waals surface area contributed by atoms with Crippen LogP contribution in [0.2, 0.25) is 0 Å². The number of ether oxygens (including phenoxy) is 2. The molecule has 2 heterocycles. The second-order valence-electron chi connectivity index (χ2n) is 6.29. The van der Waals surface area contributed by atoms with Crippen molar-refractivity contribution >= 4 is 17.5 Å². The number of nitrogens with zero attached hydrogens (tertiary/aromatic N) is 3. The maximum Gasteiger partial charge on any atom is 0.255 e. The average Bonchev–Trinajstić information content (AvgIpc) is 3.18. The van der Waals surface area contributed by atoms with Gasteiger partial charge in [0.05, 0.1) is 31.3 Å². The summed E-state index contributed by atoms with van der Waals surface area (Å²) < 4.78 is 10.5. The van der Waals surface area contributed by atoms with Crippen LogP contribution < -0.4 is 19.7 Å². The number of carbonyl (C=O) groups excluding carboxylic acids is 1. The van der Waals surface area contributed by atoms with Gasteiger partial charge in [0.25, 0.3) is 5.91 Å². The van der Waals surface area contributed by atoms with Gasteiger partial charge in [-0.3, -0.25) is 4.79 Å². The van der Waals surface area contributed by atoms with E-state index in [0.717, 1.165) is 30.4 Å². The smallest absolute Gasteiger partial charge is 0.255 e. The highest BCUT2D eigenvalue weighted by molar-refractivity contribution is 6.05. The van der Waals surface area contributed by atoms with Crippen molar-refractivity contribution in [2.24, 2.45) is 0 Å². The molecule has 1 N–H and O–H groups in total. The third-order valence-corrected chi connectivity index (χ3v) is 4.53. The molecule has 2 aromatic rings. The minimum absolute atomic E-state index is 0.241. The fraction of sp³-hybridized carbons (Fsp3) is 0.421. The van der Waals surface area contributed by atoms with Crippen LogP contribution in [0.15, 0.2) is 18.2 Å². The molecule has 7 heteroatoms. The molecule has 0 aliphatic carbocycles. The number of aromatic nitrogens is 2. The van der Waals surface area contributed by atoms with Gasteiger partial charge in [0.15, 0.2) is 11.5 Å². The Bertz CT molecular complexity index is 793. The Kier molecular flexibility index (Phi) is 5.25. The summed E-state index contributed by atoms with van der Waals surface area (Å²) in [5, 5.41) is 2.92. The fourth-order valence-corrected chi connectivity index (χ4v) is 3.10. The Morgan fingerprint density at radius 3 is 2.23 bits per heavy atom. The number of hydrogen-bond donors (Lipinski definition) is 1. The topological polar surface area (TPSA) is 76.6 Å². The zero-order valence-corrected chi connectivity index (χ0v) is 15.6. The van der Waals surface area contributed by atoms with Gasteiger partial charge in [0.2, 0.25) is 5.95 Å². The molecule has 26 heavy (non-hydrogen) atoms. The second kappa shape index (κ2) is 7.59. The van der Waals surface area contributed by atoms with E-state index in [0.29, 0.717) is 22.7 Å². The summed E-state index contributed by atoms with van der Waals surface area (Å²) >= 11 is 0. The molecular weight excluding hydrogens is 332 g/mol. The van der Waals surface area contributed by atoms with Gasteiger partial charge in [-0.15, -0.1) is 0 Å². The third-order valence-electron chi connectivity index (χ3n) is 4.53. The van der Waals surface area contributed by atoms with Gasteiger partial charge >= 0.3 is 0 Å². The number of nitrogens with one attached hydrogen (secondary N) is 1. The van der Waals surface area contributed by atoms with Crippen LogP contribution in [0.4, 0.5) is 11.6 Å².